The molecule has 1 amide bonds. The molecule has 0 spiro atoms. The molecule has 1 aliphatic rings. The number of aromatic nitrogens is 1. The Morgan fingerprint density at radius 2 is 2.00 bits per heavy atom. The molecule has 3 rings (SSSR count). The molecule has 1 aliphatic heterocycles. The number of carbonyl (C=O) groups is 1. The first-order valence-corrected chi connectivity index (χ1v) is 8.37. The highest BCUT2D eigenvalue weighted by molar-refractivity contribution is 9.10. The van der Waals surface area contributed by atoms with Gasteiger partial charge in [-0.2, -0.15) is 0 Å². The fourth-order valence-corrected chi connectivity index (χ4v) is 2.86. The molecular formula is C17H17BrN2O4. The van der Waals surface area contributed by atoms with Gasteiger partial charge < -0.3 is 19.4 Å². The molecule has 1 atom stereocenters. The van der Waals surface area contributed by atoms with E-state index in [1.807, 2.05) is 25.1 Å². The zero-order valence-corrected chi connectivity index (χ0v) is 14.7. The lowest BCUT2D eigenvalue weighted by Gasteiger charge is -2.21. The summed E-state index contributed by atoms with van der Waals surface area (Å²) >= 11 is 3.29. The van der Waals surface area contributed by atoms with E-state index in [0.29, 0.717) is 24.7 Å². The van der Waals surface area contributed by atoms with E-state index in [9.17, 15) is 9.59 Å². The molecule has 0 unspecified atom stereocenters. The van der Waals surface area contributed by atoms with Gasteiger partial charge in [0.1, 0.15) is 19.8 Å². The van der Waals surface area contributed by atoms with Gasteiger partial charge in [0, 0.05) is 16.7 Å². The number of hydrogen-bond donors (Lipinski definition) is 1. The zero-order valence-electron chi connectivity index (χ0n) is 13.1. The minimum absolute atomic E-state index is 0.0346. The molecular weight excluding hydrogens is 376 g/mol. The van der Waals surface area contributed by atoms with Gasteiger partial charge in [-0.25, -0.2) is 0 Å². The standard InChI is InChI=1S/C17H17BrN2O4/c1-11(12-2-4-14-15(8-12)24-7-6-23-14)19-16(21)10-20-9-13(18)3-5-17(20)22/h2-5,8-9,11H,6-7,10H2,1H3,(H,19,21)/t11-/m1/s1. The SMILES string of the molecule is C[C@@H](NC(=O)Cn1cc(Br)ccc1=O)c1ccc2c(c1)OCCO2. The molecule has 2 heterocycles. The maximum atomic E-state index is 12.2. The molecule has 0 saturated carbocycles. The van der Waals surface area contributed by atoms with Crippen molar-refractivity contribution in [3.63, 3.8) is 0 Å². The first-order chi connectivity index (χ1) is 11.5. The quantitative estimate of drug-likeness (QED) is 0.866. The van der Waals surface area contributed by atoms with E-state index in [1.54, 1.807) is 12.3 Å². The molecule has 7 heteroatoms. The number of halogens is 1. The molecule has 24 heavy (non-hydrogen) atoms. The molecule has 0 aliphatic carbocycles. The van der Waals surface area contributed by atoms with Gasteiger partial charge in [0.25, 0.3) is 5.56 Å². The fraction of sp³-hybridized carbons (Fsp3) is 0.294. The van der Waals surface area contributed by atoms with Crippen LogP contribution in [0.5, 0.6) is 11.5 Å². The minimum Gasteiger partial charge on any atom is -0.486 e. The van der Waals surface area contributed by atoms with Crippen LogP contribution in [0.1, 0.15) is 18.5 Å². The summed E-state index contributed by atoms with van der Waals surface area (Å²) in [6.45, 7) is 2.91. The van der Waals surface area contributed by atoms with E-state index in [4.69, 9.17) is 9.47 Å². The molecule has 1 N–H and O–H groups in total. The van der Waals surface area contributed by atoms with Crippen molar-refractivity contribution in [2.75, 3.05) is 13.2 Å². The van der Waals surface area contributed by atoms with Crippen molar-refractivity contribution in [2.45, 2.75) is 19.5 Å². The lowest BCUT2D eigenvalue weighted by molar-refractivity contribution is -0.122. The highest BCUT2D eigenvalue weighted by atomic mass is 79.9. The van der Waals surface area contributed by atoms with Crippen molar-refractivity contribution in [2.24, 2.45) is 0 Å². The van der Waals surface area contributed by atoms with E-state index in [0.717, 1.165) is 10.0 Å². The van der Waals surface area contributed by atoms with Gasteiger partial charge in [0.05, 0.1) is 6.04 Å². The third-order valence-electron chi connectivity index (χ3n) is 3.71. The summed E-state index contributed by atoms with van der Waals surface area (Å²) in [5.74, 6) is 1.16. The van der Waals surface area contributed by atoms with Crippen LogP contribution in [0.15, 0.2) is 45.8 Å². The number of fused-ring (bicyclic) bond motifs is 1. The normalized spacial score (nSPS) is 14.1. The second kappa shape index (κ2) is 7.09. The Kier molecular flexibility index (Phi) is 4.89. The lowest BCUT2D eigenvalue weighted by Crippen LogP contribution is -2.33. The molecule has 0 saturated heterocycles. The monoisotopic (exact) mass is 392 g/mol. The summed E-state index contributed by atoms with van der Waals surface area (Å²) in [7, 11) is 0. The van der Waals surface area contributed by atoms with E-state index >= 15 is 0 Å². The largest absolute Gasteiger partial charge is 0.486 e. The van der Waals surface area contributed by atoms with Crippen molar-refractivity contribution in [3.05, 3.63) is 56.9 Å². The predicted octanol–water partition coefficient (Wildman–Crippen LogP) is 2.26. The van der Waals surface area contributed by atoms with Crippen molar-refractivity contribution in [1.82, 2.24) is 9.88 Å². The van der Waals surface area contributed by atoms with Crippen molar-refractivity contribution in [3.8, 4) is 11.5 Å². The molecule has 2 aromatic rings. The maximum absolute atomic E-state index is 12.2. The Hall–Kier alpha value is -2.28. The summed E-state index contributed by atoms with van der Waals surface area (Å²) in [4.78, 5) is 24.0. The summed E-state index contributed by atoms with van der Waals surface area (Å²) < 4.78 is 13.1. The molecule has 0 bridgehead atoms. The van der Waals surface area contributed by atoms with Gasteiger partial charge >= 0.3 is 0 Å². The molecule has 0 fully saturated rings. The van der Waals surface area contributed by atoms with Crippen LogP contribution in [0.25, 0.3) is 0 Å². The van der Waals surface area contributed by atoms with Crippen LogP contribution < -0.4 is 20.3 Å². The summed E-state index contributed by atoms with van der Waals surface area (Å²) in [5, 5.41) is 2.89. The Balaban J connectivity index is 1.68. The Morgan fingerprint density at radius 3 is 2.79 bits per heavy atom. The van der Waals surface area contributed by atoms with Crippen LogP contribution in [-0.4, -0.2) is 23.7 Å². The molecule has 126 valence electrons. The number of nitrogens with one attached hydrogen (secondary N) is 1. The summed E-state index contributed by atoms with van der Waals surface area (Å²) in [6.07, 6.45) is 1.59. The lowest BCUT2D eigenvalue weighted by atomic mass is 10.1. The van der Waals surface area contributed by atoms with E-state index in [-0.39, 0.29) is 24.1 Å². The van der Waals surface area contributed by atoms with Gasteiger partial charge in [-0.05, 0) is 46.6 Å². The topological polar surface area (TPSA) is 69.6 Å². The number of hydrogen-bond acceptors (Lipinski definition) is 4. The first kappa shape index (κ1) is 16.6. The summed E-state index contributed by atoms with van der Waals surface area (Å²) in [5.41, 5.74) is 0.689. The van der Waals surface area contributed by atoms with Gasteiger partial charge in [0.15, 0.2) is 11.5 Å². The fourth-order valence-electron chi connectivity index (χ4n) is 2.48. The van der Waals surface area contributed by atoms with Crippen LogP contribution in [0.4, 0.5) is 0 Å². The third-order valence-corrected chi connectivity index (χ3v) is 4.17. The van der Waals surface area contributed by atoms with Crippen LogP contribution in [0.2, 0.25) is 0 Å². The number of ether oxygens (including phenoxy) is 2. The van der Waals surface area contributed by atoms with Gasteiger partial charge in [-0.15, -0.1) is 0 Å². The molecule has 6 nitrogen and oxygen atoms in total. The van der Waals surface area contributed by atoms with Crippen LogP contribution in [-0.2, 0) is 11.3 Å². The van der Waals surface area contributed by atoms with Crippen molar-refractivity contribution in [1.29, 1.82) is 0 Å². The van der Waals surface area contributed by atoms with Gasteiger partial charge in [-0.3, -0.25) is 9.59 Å². The number of rotatable bonds is 4. The Bertz CT molecular complexity index is 818. The van der Waals surface area contributed by atoms with E-state index in [1.165, 1.54) is 10.6 Å². The van der Waals surface area contributed by atoms with Crippen molar-refractivity contribution >= 4 is 21.8 Å². The number of nitrogens with zero attached hydrogens (tertiary/aromatic N) is 1. The van der Waals surface area contributed by atoms with E-state index < -0.39 is 0 Å². The number of benzene rings is 1. The predicted molar refractivity (Wildman–Crippen MR) is 92.4 cm³/mol. The number of carbonyl (C=O) groups excluding carboxylic acids is 1. The molecule has 1 aromatic carbocycles. The Morgan fingerprint density at radius 1 is 1.25 bits per heavy atom. The second-order valence-corrected chi connectivity index (χ2v) is 6.42. The van der Waals surface area contributed by atoms with Crippen molar-refractivity contribution < 1.29 is 14.3 Å². The minimum atomic E-state index is -0.238. The van der Waals surface area contributed by atoms with Crippen LogP contribution in [0, 0.1) is 0 Å². The smallest absolute Gasteiger partial charge is 0.251 e. The number of amides is 1. The molecule has 0 radical (unpaired) electrons. The maximum Gasteiger partial charge on any atom is 0.251 e. The summed E-state index contributed by atoms with van der Waals surface area (Å²) in [6, 6.07) is 8.45. The van der Waals surface area contributed by atoms with Crippen LogP contribution in [0.3, 0.4) is 0 Å². The van der Waals surface area contributed by atoms with E-state index in [2.05, 4.69) is 21.2 Å². The highest BCUT2D eigenvalue weighted by Crippen LogP contribution is 2.32. The number of pyridine rings is 1. The average molecular weight is 393 g/mol. The third kappa shape index (κ3) is 3.79. The highest BCUT2D eigenvalue weighted by Gasteiger charge is 2.16. The van der Waals surface area contributed by atoms with Crippen LogP contribution >= 0.6 is 15.9 Å². The second-order valence-electron chi connectivity index (χ2n) is 5.51. The van der Waals surface area contributed by atoms with Gasteiger partial charge in [0.2, 0.25) is 5.91 Å². The molecule has 1 aromatic heterocycles. The zero-order chi connectivity index (χ0) is 17.1. The Labute approximate surface area is 147 Å². The average Bonchev–Trinajstić information content (AvgIpc) is 2.57. The van der Waals surface area contributed by atoms with Gasteiger partial charge in [-0.1, -0.05) is 6.07 Å². The first-order valence-electron chi connectivity index (χ1n) is 7.58.